The summed E-state index contributed by atoms with van der Waals surface area (Å²) in [6.07, 6.45) is 1.21. The van der Waals surface area contributed by atoms with Crippen molar-refractivity contribution < 1.29 is 19.1 Å². The highest BCUT2D eigenvalue weighted by molar-refractivity contribution is 5.98. The second kappa shape index (κ2) is 10.8. The van der Waals surface area contributed by atoms with Crippen LogP contribution in [0.2, 0.25) is 0 Å². The lowest BCUT2D eigenvalue weighted by atomic mass is 9.98. The monoisotopic (exact) mass is 348 g/mol. The van der Waals surface area contributed by atoms with Crippen LogP contribution in [0.5, 0.6) is 0 Å². The van der Waals surface area contributed by atoms with Gasteiger partial charge in [0.1, 0.15) is 5.92 Å². The molecule has 1 heterocycles. The Morgan fingerprint density at radius 2 is 1.96 bits per heavy atom. The minimum Gasteiger partial charge on any atom is -0.465 e. The van der Waals surface area contributed by atoms with Crippen LogP contribution in [0.1, 0.15) is 18.9 Å². The molecule has 138 valence electrons. The summed E-state index contributed by atoms with van der Waals surface area (Å²) >= 11 is 0. The standard InChI is InChI=1S/C19H28N2O4/c1-2-25-19(23)17(15-16-7-4-3-5-8-16)18(22)20-9-6-10-21-11-13-24-14-12-21/h3-5,7-8,17H,2,6,9-15H2,1H3,(H,20,22)/t17-/m0/s1. The number of rotatable bonds is 9. The zero-order chi connectivity index (χ0) is 17.9. The van der Waals surface area contributed by atoms with E-state index in [1.165, 1.54) is 0 Å². The van der Waals surface area contributed by atoms with Crippen molar-refractivity contribution in [3.8, 4) is 0 Å². The van der Waals surface area contributed by atoms with Crippen molar-refractivity contribution >= 4 is 11.9 Å². The van der Waals surface area contributed by atoms with Crippen molar-refractivity contribution in [3.05, 3.63) is 35.9 Å². The first-order valence-electron chi connectivity index (χ1n) is 8.99. The summed E-state index contributed by atoms with van der Waals surface area (Å²) in [5.74, 6) is -1.52. The first-order chi connectivity index (χ1) is 12.2. The van der Waals surface area contributed by atoms with Crippen molar-refractivity contribution in [2.75, 3.05) is 46.0 Å². The Kier molecular flexibility index (Phi) is 8.42. The van der Waals surface area contributed by atoms with E-state index in [0.717, 1.165) is 44.8 Å². The van der Waals surface area contributed by atoms with Gasteiger partial charge in [-0.05, 0) is 31.9 Å². The number of hydrogen-bond donors (Lipinski definition) is 1. The van der Waals surface area contributed by atoms with Crippen LogP contribution in [0.4, 0.5) is 0 Å². The fraction of sp³-hybridized carbons (Fsp3) is 0.579. The number of carbonyl (C=O) groups is 2. The molecule has 1 aliphatic heterocycles. The Balaban J connectivity index is 1.80. The molecule has 6 nitrogen and oxygen atoms in total. The van der Waals surface area contributed by atoms with Crippen molar-refractivity contribution in [3.63, 3.8) is 0 Å². The quantitative estimate of drug-likeness (QED) is 0.413. The molecule has 0 bridgehead atoms. The van der Waals surface area contributed by atoms with Gasteiger partial charge in [0.2, 0.25) is 5.91 Å². The molecule has 0 spiro atoms. The number of esters is 1. The molecule has 0 unspecified atom stereocenters. The number of benzene rings is 1. The van der Waals surface area contributed by atoms with Gasteiger partial charge in [-0.1, -0.05) is 30.3 Å². The third-order valence-corrected chi connectivity index (χ3v) is 4.22. The number of nitrogens with one attached hydrogen (secondary N) is 1. The van der Waals surface area contributed by atoms with Gasteiger partial charge in [-0.25, -0.2) is 0 Å². The summed E-state index contributed by atoms with van der Waals surface area (Å²) in [7, 11) is 0. The zero-order valence-corrected chi connectivity index (χ0v) is 14.9. The van der Waals surface area contributed by atoms with Gasteiger partial charge in [-0.3, -0.25) is 14.5 Å². The Hall–Kier alpha value is -1.92. The molecule has 1 saturated heterocycles. The minimum atomic E-state index is -0.800. The van der Waals surface area contributed by atoms with Crippen LogP contribution in [-0.2, 0) is 25.5 Å². The van der Waals surface area contributed by atoms with Gasteiger partial charge >= 0.3 is 5.97 Å². The van der Waals surface area contributed by atoms with Crippen LogP contribution < -0.4 is 5.32 Å². The van der Waals surface area contributed by atoms with E-state index in [2.05, 4.69) is 10.2 Å². The minimum absolute atomic E-state index is 0.260. The summed E-state index contributed by atoms with van der Waals surface area (Å²) in [5, 5.41) is 2.88. The molecule has 1 aliphatic rings. The highest BCUT2D eigenvalue weighted by atomic mass is 16.5. The summed E-state index contributed by atoms with van der Waals surface area (Å²) in [5.41, 5.74) is 0.948. The molecule has 0 aliphatic carbocycles. The van der Waals surface area contributed by atoms with Gasteiger partial charge in [0, 0.05) is 19.6 Å². The second-order valence-corrected chi connectivity index (χ2v) is 6.09. The molecular formula is C19H28N2O4. The van der Waals surface area contributed by atoms with Crippen molar-refractivity contribution in [1.29, 1.82) is 0 Å². The first kappa shape index (κ1) is 19.4. The lowest BCUT2D eigenvalue weighted by molar-refractivity contribution is -0.152. The molecule has 1 amide bonds. The Morgan fingerprint density at radius 3 is 2.64 bits per heavy atom. The molecule has 0 saturated carbocycles. The van der Waals surface area contributed by atoms with Crippen molar-refractivity contribution in [2.24, 2.45) is 5.92 Å². The predicted molar refractivity (Wildman–Crippen MR) is 95.2 cm³/mol. The van der Waals surface area contributed by atoms with Crippen LogP contribution in [0.3, 0.4) is 0 Å². The van der Waals surface area contributed by atoms with Crippen LogP contribution >= 0.6 is 0 Å². The van der Waals surface area contributed by atoms with Crippen molar-refractivity contribution in [2.45, 2.75) is 19.8 Å². The summed E-state index contributed by atoms with van der Waals surface area (Å²) < 4.78 is 10.4. The van der Waals surface area contributed by atoms with Gasteiger partial charge < -0.3 is 14.8 Å². The van der Waals surface area contributed by atoms with Crippen LogP contribution in [-0.4, -0.2) is 62.8 Å². The van der Waals surface area contributed by atoms with Crippen LogP contribution in [0.15, 0.2) is 30.3 Å². The molecule has 1 atom stereocenters. The van der Waals surface area contributed by atoms with E-state index in [4.69, 9.17) is 9.47 Å². The average molecular weight is 348 g/mol. The maximum Gasteiger partial charge on any atom is 0.318 e. The van der Waals surface area contributed by atoms with E-state index in [0.29, 0.717) is 13.0 Å². The number of morpholine rings is 1. The van der Waals surface area contributed by atoms with Crippen LogP contribution in [0, 0.1) is 5.92 Å². The van der Waals surface area contributed by atoms with Gasteiger partial charge in [-0.2, -0.15) is 0 Å². The van der Waals surface area contributed by atoms with E-state index in [1.54, 1.807) is 6.92 Å². The SMILES string of the molecule is CCOC(=O)[C@@H](Cc1ccccc1)C(=O)NCCCN1CCOCC1. The molecule has 0 aromatic heterocycles. The highest BCUT2D eigenvalue weighted by Crippen LogP contribution is 2.11. The van der Waals surface area contributed by atoms with E-state index >= 15 is 0 Å². The summed E-state index contributed by atoms with van der Waals surface area (Å²) in [4.78, 5) is 27.0. The molecular weight excluding hydrogens is 320 g/mol. The number of ether oxygens (including phenoxy) is 2. The van der Waals surface area contributed by atoms with E-state index in [1.807, 2.05) is 30.3 Å². The van der Waals surface area contributed by atoms with Gasteiger partial charge in [0.15, 0.2) is 0 Å². The van der Waals surface area contributed by atoms with Crippen molar-refractivity contribution in [1.82, 2.24) is 10.2 Å². The van der Waals surface area contributed by atoms with Crippen LogP contribution in [0.25, 0.3) is 0 Å². The average Bonchev–Trinajstić information content (AvgIpc) is 2.65. The zero-order valence-electron chi connectivity index (χ0n) is 14.9. The smallest absolute Gasteiger partial charge is 0.318 e. The summed E-state index contributed by atoms with van der Waals surface area (Å²) in [6, 6.07) is 9.54. The highest BCUT2D eigenvalue weighted by Gasteiger charge is 2.28. The molecule has 6 heteroatoms. The Bertz CT molecular complexity index is 529. The number of amides is 1. The normalized spacial score (nSPS) is 16.2. The lowest BCUT2D eigenvalue weighted by Gasteiger charge is -2.26. The maximum atomic E-state index is 12.5. The number of nitrogens with zero attached hydrogens (tertiary/aromatic N) is 1. The second-order valence-electron chi connectivity index (χ2n) is 6.09. The van der Waals surface area contributed by atoms with E-state index in [-0.39, 0.29) is 12.5 Å². The molecule has 0 radical (unpaired) electrons. The van der Waals surface area contributed by atoms with Gasteiger partial charge in [-0.15, -0.1) is 0 Å². The fourth-order valence-electron chi connectivity index (χ4n) is 2.84. The number of hydrogen-bond acceptors (Lipinski definition) is 5. The maximum absolute atomic E-state index is 12.5. The molecule has 25 heavy (non-hydrogen) atoms. The lowest BCUT2D eigenvalue weighted by Crippen LogP contribution is -2.40. The third-order valence-electron chi connectivity index (χ3n) is 4.22. The van der Waals surface area contributed by atoms with E-state index in [9.17, 15) is 9.59 Å². The van der Waals surface area contributed by atoms with E-state index < -0.39 is 11.9 Å². The van der Waals surface area contributed by atoms with Gasteiger partial charge in [0.05, 0.1) is 19.8 Å². The Morgan fingerprint density at radius 1 is 1.24 bits per heavy atom. The first-order valence-corrected chi connectivity index (χ1v) is 8.99. The Labute approximate surface area is 149 Å². The molecule has 1 N–H and O–H groups in total. The largest absolute Gasteiger partial charge is 0.465 e. The predicted octanol–water partition coefficient (Wildman–Crippen LogP) is 1.25. The van der Waals surface area contributed by atoms with Gasteiger partial charge in [0.25, 0.3) is 0 Å². The summed E-state index contributed by atoms with van der Waals surface area (Å²) in [6.45, 7) is 6.92. The fourth-order valence-corrected chi connectivity index (χ4v) is 2.84. The topological polar surface area (TPSA) is 67.9 Å². The third kappa shape index (κ3) is 6.84. The molecule has 1 aromatic rings. The molecule has 1 fully saturated rings. The molecule has 1 aromatic carbocycles. The number of carbonyl (C=O) groups excluding carboxylic acids is 2. The molecule has 2 rings (SSSR count).